The van der Waals surface area contributed by atoms with Gasteiger partial charge in [0.1, 0.15) is 12.4 Å². The van der Waals surface area contributed by atoms with Gasteiger partial charge in [0, 0.05) is 6.04 Å². The standard InChI is InChI=1S/C22H26FN3O4/c1-4-15(3)25-21(27)22(28)26-24-13-16-9-10-19(20(12-16)29-5-2)30-14-17-7-6-8-18(23)11-17/h6-13,15H,4-5,14H2,1-3H3,(H,25,27)(H,26,28)/b24-13-/t15-/m1/s1. The van der Waals surface area contributed by atoms with Crippen LogP contribution in [0.5, 0.6) is 11.5 Å². The maximum Gasteiger partial charge on any atom is 0.329 e. The second kappa shape index (κ2) is 11.5. The summed E-state index contributed by atoms with van der Waals surface area (Å²) in [6.07, 6.45) is 2.11. The Hall–Kier alpha value is -3.42. The lowest BCUT2D eigenvalue weighted by Crippen LogP contribution is -2.41. The predicted molar refractivity (Wildman–Crippen MR) is 112 cm³/mol. The normalized spacial score (nSPS) is 11.7. The fourth-order valence-electron chi connectivity index (χ4n) is 2.39. The molecular weight excluding hydrogens is 389 g/mol. The van der Waals surface area contributed by atoms with Crippen LogP contribution in [-0.4, -0.2) is 30.7 Å². The van der Waals surface area contributed by atoms with Crippen molar-refractivity contribution in [1.29, 1.82) is 0 Å². The molecule has 2 aromatic rings. The van der Waals surface area contributed by atoms with E-state index in [1.807, 2.05) is 20.8 Å². The molecule has 2 rings (SSSR count). The van der Waals surface area contributed by atoms with Gasteiger partial charge >= 0.3 is 11.8 Å². The van der Waals surface area contributed by atoms with Gasteiger partial charge in [-0.1, -0.05) is 19.1 Å². The van der Waals surface area contributed by atoms with E-state index in [4.69, 9.17) is 9.47 Å². The number of nitrogens with one attached hydrogen (secondary N) is 2. The van der Waals surface area contributed by atoms with Gasteiger partial charge in [-0.05, 0) is 61.7 Å². The summed E-state index contributed by atoms with van der Waals surface area (Å²) in [7, 11) is 0. The van der Waals surface area contributed by atoms with Gasteiger partial charge in [-0.25, -0.2) is 9.82 Å². The van der Waals surface area contributed by atoms with Crippen LogP contribution < -0.4 is 20.2 Å². The molecule has 0 aliphatic rings. The number of carbonyl (C=O) groups excluding carboxylic acids is 2. The average Bonchev–Trinajstić information content (AvgIpc) is 2.73. The number of halogens is 1. The summed E-state index contributed by atoms with van der Waals surface area (Å²) in [5.41, 5.74) is 3.52. The van der Waals surface area contributed by atoms with E-state index in [0.717, 1.165) is 6.42 Å². The van der Waals surface area contributed by atoms with Crippen molar-refractivity contribution in [2.45, 2.75) is 39.8 Å². The first kappa shape index (κ1) is 22.9. The highest BCUT2D eigenvalue weighted by Crippen LogP contribution is 2.29. The minimum absolute atomic E-state index is 0.0964. The van der Waals surface area contributed by atoms with Gasteiger partial charge in [0.25, 0.3) is 0 Å². The molecule has 1 atom stereocenters. The Kier molecular flexibility index (Phi) is 8.80. The van der Waals surface area contributed by atoms with Crippen LogP contribution in [0.25, 0.3) is 0 Å². The molecule has 160 valence electrons. The van der Waals surface area contributed by atoms with Crippen molar-refractivity contribution in [3.05, 3.63) is 59.4 Å². The lowest BCUT2D eigenvalue weighted by molar-refractivity contribution is -0.139. The molecule has 0 aliphatic heterocycles. The van der Waals surface area contributed by atoms with E-state index in [0.29, 0.717) is 29.2 Å². The number of benzene rings is 2. The number of hydrazone groups is 1. The Balaban J connectivity index is 2.00. The second-order valence-electron chi connectivity index (χ2n) is 6.54. The third-order valence-corrected chi connectivity index (χ3v) is 4.13. The van der Waals surface area contributed by atoms with E-state index < -0.39 is 11.8 Å². The number of amides is 2. The number of hydrogen-bond donors (Lipinski definition) is 2. The molecule has 8 heteroatoms. The third-order valence-electron chi connectivity index (χ3n) is 4.13. The molecule has 30 heavy (non-hydrogen) atoms. The molecular formula is C22H26FN3O4. The third kappa shape index (κ3) is 7.20. The highest BCUT2D eigenvalue weighted by molar-refractivity contribution is 6.35. The van der Waals surface area contributed by atoms with Gasteiger partial charge in [-0.2, -0.15) is 5.10 Å². The van der Waals surface area contributed by atoms with Crippen LogP contribution in [0.3, 0.4) is 0 Å². The monoisotopic (exact) mass is 415 g/mol. The first-order valence-electron chi connectivity index (χ1n) is 9.70. The van der Waals surface area contributed by atoms with Gasteiger partial charge in [-0.3, -0.25) is 9.59 Å². The summed E-state index contributed by atoms with van der Waals surface area (Å²) >= 11 is 0. The predicted octanol–water partition coefficient (Wildman–Crippen LogP) is 3.17. The number of hydrogen-bond acceptors (Lipinski definition) is 5. The Bertz CT molecular complexity index is 902. The van der Waals surface area contributed by atoms with Crippen molar-refractivity contribution in [3.63, 3.8) is 0 Å². The molecule has 0 aliphatic carbocycles. The molecule has 0 saturated heterocycles. The number of ether oxygens (including phenoxy) is 2. The van der Waals surface area contributed by atoms with Crippen LogP contribution in [0.2, 0.25) is 0 Å². The van der Waals surface area contributed by atoms with Gasteiger partial charge in [0.05, 0.1) is 12.8 Å². The van der Waals surface area contributed by atoms with Crippen LogP contribution in [0, 0.1) is 5.82 Å². The zero-order chi connectivity index (χ0) is 21.9. The van der Waals surface area contributed by atoms with Crippen LogP contribution in [0.15, 0.2) is 47.6 Å². The summed E-state index contributed by atoms with van der Waals surface area (Å²) in [5.74, 6) is -0.925. The highest BCUT2D eigenvalue weighted by Gasteiger charge is 2.14. The molecule has 0 heterocycles. The van der Waals surface area contributed by atoms with Crippen molar-refractivity contribution in [1.82, 2.24) is 10.7 Å². The Morgan fingerprint density at radius 2 is 1.90 bits per heavy atom. The van der Waals surface area contributed by atoms with Gasteiger partial charge in [0.15, 0.2) is 11.5 Å². The van der Waals surface area contributed by atoms with Gasteiger partial charge < -0.3 is 14.8 Å². The summed E-state index contributed by atoms with van der Waals surface area (Å²) in [5, 5.41) is 6.36. The quantitative estimate of drug-likeness (QED) is 0.374. The number of rotatable bonds is 9. The first-order chi connectivity index (χ1) is 14.4. The molecule has 0 radical (unpaired) electrons. The zero-order valence-corrected chi connectivity index (χ0v) is 17.3. The number of carbonyl (C=O) groups is 2. The smallest absolute Gasteiger partial charge is 0.329 e. The van der Waals surface area contributed by atoms with E-state index >= 15 is 0 Å². The summed E-state index contributed by atoms with van der Waals surface area (Å²) in [6, 6.07) is 11.2. The van der Waals surface area contributed by atoms with E-state index in [1.54, 1.807) is 30.3 Å². The molecule has 0 fully saturated rings. The van der Waals surface area contributed by atoms with Crippen molar-refractivity contribution in [2.75, 3.05) is 6.61 Å². The summed E-state index contributed by atoms with van der Waals surface area (Å²) in [6.45, 7) is 6.16. The topological polar surface area (TPSA) is 89.0 Å². The van der Waals surface area contributed by atoms with Crippen molar-refractivity contribution < 1.29 is 23.5 Å². The Morgan fingerprint density at radius 1 is 1.10 bits per heavy atom. The van der Waals surface area contributed by atoms with Crippen LogP contribution in [0.1, 0.15) is 38.3 Å². The minimum Gasteiger partial charge on any atom is -0.490 e. The molecule has 2 N–H and O–H groups in total. The zero-order valence-electron chi connectivity index (χ0n) is 17.3. The maximum atomic E-state index is 13.3. The molecule has 2 aromatic carbocycles. The summed E-state index contributed by atoms with van der Waals surface area (Å²) < 4.78 is 24.6. The highest BCUT2D eigenvalue weighted by atomic mass is 19.1. The SMILES string of the molecule is CCOc1cc(/C=N\NC(=O)C(=O)N[C@H](C)CC)ccc1OCc1cccc(F)c1. The lowest BCUT2D eigenvalue weighted by Gasteiger charge is -2.12. The largest absolute Gasteiger partial charge is 0.490 e. The lowest BCUT2D eigenvalue weighted by atomic mass is 10.2. The number of nitrogens with zero attached hydrogens (tertiary/aromatic N) is 1. The van der Waals surface area contributed by atoms with E-state index in [1.165, 1.54) is 18.3 Å². The fraction of sp³-hybridized carbons (Fsp3) is 0.318. The van der Waals surface area contributed by atoms with E-state index in [9.17, 15) is 14.0 Å². The molecule has 0 aromatic heterocycles. The molecule has 0 spiro atoms. The minimum atomic E-state index is -0.841. The van der Waals surface area contributed by atoms with Crippen LogP contribution in [-0.2, 0) is 16.2 Å². The molecule has 0 bridgehead atoms. The maximum absolute atomic E-state index is 13.3. The van der Waals surface area contributed by atoms with Crippen LogP contribution >= 0.6 is 0 Å². The molecule has 2 amide bonds. The Labute approximate surface area is 175 Å². The Morgan fingerprint density at radius 3 is 2.60 bits per heavy atom. The van der Waals surface area contributed by atoms with E-state index in [2.05, 4.69) is 15.8 Å². The fourth-order valence-corrected chi connectivity index (χ4v) is 2.39. The summed E-state index contributed by atoms with van der Waals surface area (Å²) in [4.78, 5) is 23.4. The first-order valence-corrected chi connectivity index (χ1v) is 9.70. The van der Waals surface area contributed by atoms with Crippen molar-refractivity contribution >= 4 is 18.0 Å². The second-order valence-corrected chi connectivity index (χ2v) is 6.54. The molecule has 0 saturated carbocycles. The average molecular weight is 415 g/mol. The van der Waals surface area contributed by atoms with Crippen LogP contribution in [0.4, 0.5) is 4.39 Å². The van der Waals surface area contributed by atoms with Gasteiger partial charge in [-0.15, -0.1) is 0 Å². The van der Waals surface area contributed by atoms with Gasteiger partial charge in [0.2, 0.25) is 0 Å². The molecule has 0 unspecified atom stereocenters. The van der Waals surface area contributed by atoms with Crippen molar-refractivity contribution in [2.24, 2.45) is 5.10 Å². The van der Waals surface area contributed by atoms with E-state index in [-0.39, 0.29) is 18.5 Å². The molecule has 7 nitrogen and oxygen atoms in total. The van der Waals surface area contributed by atoms with Crippen molar-refractivity contribution in [3.8, 4) is 11.5 Å².